The normalized spacial score (nSPS) is 16.8. The minimum atomic E-state index is -0.216. The van der Waals surface area contributed by atoms with E-state index in [-0.39, 0.29) is 11.4 Å². The van der Waals surface area contributed by atoms with Gasteiger partial charge in [0.1, 0.15) is 10.6 Å². The van der Waals surface area contributed by atoms with Crippen molar-refractivity contribution in [2.75, 3.05) is 37.4 Å². The number of piperazine rings is 1. The average molecular weight is 360 g/mol. The van der Waals surface area contributed by atoms with Crippen molar-refractivity contribution in [1.82, 2.24) is 9.88 Å². The van der Waals surface area contributed by atoms with Crippen LogP contribution >= 0.6 is 11.3 Å². The van der Waals surface area contributed by atoms with Gasteiger partial charge in [-0.05, 0) is 32.9 Å². The van der Waals surface area contributed by atoms with E-state index in [2.05, 4.69) is 29.8 Å². The molecule has 0 aliphatic carbocycles. The first-order valence-corrected chi connectivity index (χ1v) is 9.08. The van der Waals surface area contributed by atoms with Crippen LogP contribution in [0, 0.1) is 6.92 Å². The highest BCUT2D eigenvalue weighted by Crippen LogP contribution is 2.35. The summed E-state index contributed by atoms with van der Waals surface area (Å²) in [6, 6.07) is 8.00. The minimum absolute atomic E-state index is 0.0134. The van der Waals surface area contributed by atoms with E-state index >= 15 is 0 Å². The summed E-state index contributed by atoms with van der Waals surface area (Å²) in [7, 11) is 1.68. The number of carbonyl (C=O) groups excluding carboxylic acids is 1. The van der Waals surface area contributed by atoms with Crippen molar-refractivity contribution in [3.8, 4) is 5.75 Å². The number of thiazole rings is 1. The maximum atomic E-state index is 12.9. The van der Waals surface area contributed by atoms with Crippen molar-refractivity contribution in [3.05, 3.63) is 34.8 Å². The second kappa shape index (κ2) is 6.55. The molecule has 2 heterocycles. The van der Waals surface area contributed by atoms with Crippen LogP contribution in [-0.4, -0.2) is 48.1 Å². The van der Waals surface area contributed by atoms with Gasteiger partial charge in [-0.3, -0.25) is 4.79 Å². The maximum Gasteiger partial charge on any atom is 0.266 e. The summed E-state index contributed by atoms with van der Waals surface area (Å²) < 4.78 is 5.51. The molecule has 25 heavy (non-hydrogen) atoms. The van der Waals surface area contributed by atoms with Gasteiger partial charge in [0, 0.05) is 19.6 Å². The maximum absolute atomic E-state index is 12.9. The number of aryl methyl sites for hydroxylation is 1. The molecule has 0 radical (unpaired) electrons. The largest absolute Gasteiger partial charge is 0.495 e. The molecule has 6 nitrogen and oxygen atoms in total. The third-order valence-electron chi connectivity index (χ3n) is 4.57. The first-order valence-electron chi connectivity index (χ1n) is 8.26. The SMILES string of the molecule is COc1ccccc1N1CCN(C(=O)c2sc(N)nc2C)CC1(C)C. The Labute approximate surface area is 152 Å². The molecule has 1 amide bonds. The molecule has 2 N–H and O–H groups in total. The van der Waals surface area contributed by atoms with Crippen LogP contribution in [0.3, 0.4) is 0 Å². The number of nitrogens with two attached hydrogens (primary N) is 1. The molecule has 134 valence electrons. The molecule has 1 saturated heterocycles. The highest BCUT2D eigenvalue weighted by molar-refractivity contribution is 7.17. The van der Waals surface area contributed by atoms with Gasteiger partial charge in [0.2, 0.25) is 0 Å². The Hall–Kier alpha value is -2.28. The van der Waals surface area contributed by atoms with Crippen LogP contribution in [0.2, 0.25) is 0 Å². The van der Waals surface area contributed by atoms with Gasteiger partial charge in [-0.15, -0.1) is 0 Å². The van der Waals surface area contributed by atoms with Crippen molar-refractivity contribution in [2.24, 2.45) is 0 Å². The standard InChI is InChI=1S/C18H24N4O2S/c1-12-15(25-17(19)20-12)16(23)21-9-10-22(18(2,3)11-21)13-7-5-6-8-14(13)24-4/h5-8H,9-11H2,1-4H3,(H2,19,20). The van der Waals surface area contributed by atoms with Crippen LogP contribution in [0.15, 0.2) is 24.3 Å². The molecule has 0 unspecified atom stereocenters. The first kappa shape index (κ1) is 17.5. The van der Waals surface area contributed by atoms with Crippen LogP contribution in [0.5, 0.6) is 5.75 Å². The molecule has 2 aromatic rings. The topological polar surface area (TPSA) is 71.7 Å². The van der Waals surface area contributed by atoms with Crippen molar-refractivity contribution >= 4 is 28.1 Å². The van der Waals surface area contributed by atoms with Crippen LogP contribution in [-0.2, 0) is 0 Å². The van der Waals surface area contributed by atoms with E-state index in [4.69, 9.17) is 10.5 Å². The van der Waals surface area contributed by atoms with E-state index < -0.39 is 0 Å². The number of benzene rings is 1. The lowest BCUT2D eigenvalue weighted by atomic mass is 9.97. The Morgan fingerprint density at radius 1 is 1.32 bits per heavy atom. The van der Waals surface area contributed by atoms with Gasteiger partial charge in [0.25, 0.3) is 5.91 Å². The van der Waals surface area contributed by atoms with E-state index in [1.807, 2.05) is 30.0 Å². The molecular weight excluding hydrogens is 336 g/mol. The van der Waals surface area contributed by atoms with Crippen LogP contribution in [0.25, 0.3) is 0 Å². The summed E-state index contributed by atoms with van der Waals surface area (Å²) in [5.74, 6) is 0.862. The molecule has 1 aliphatic rings. The van der Waals surface area contributed by atoms with Gasteiger partial charge in [-0.1, -0.05) is 23.5 Å². The second-order valence-electron chi connectivity index (χ2n) is 6.83. The van der Waals surface area contributed by atoms with Gasteiger partial charge < -0.3 is 20.3 Å². The average Bonchev–Trinajstić information content (AvgIpc) is 2.91. The third kappa shape index (κ3) is 3.28. The zero-order valence-electron chi connectivity index (χ0n) is 15.1. The second-order valence-corrected chi connectivity index (χ2v) is 7.86. The fraction of sp³-hybridized carbons (Fsp3) is 0.444. The number of hydrogen-bond acceptors (Lipinski definition) is 6. The number of amides is 1. The Kier molecular flexibility index (Phi) is 4.60. The molecular formula is C18H24N4O2S. The summed E-state index contributed by atoms with van der Waals surface area (Å²) >= 11 is 1.26. The summed E-state index contributed by atoms with van der Waals surface area (Å²) in [6.07, 6.45) is 0. The van der Waals surface area contributed by atoms with E-state index in [0.29, 0.717) is 28.8 Å². The van der Waals surface area contributed by atoms with Crippen LogP contribution in [0.1, 0.15) is 29.2 Å². The summed E-state index contributed by atoms with van der Waals surface area (Å²) in [5, 5.41) is 0.438. The van der Waals surface area contributed by atoms with Crippen LogP contribution in [0.4, 0.5) is 10.8 Å². The lowest BCUT2D eigenvalue weighted by Gasteiger charge is -2.48. The molecule has 1 fully saturated rings. The fourth-order valence-corrected chi connectivity index (χ4v) is 4.19. The van der Waals surface area contributed by atoms with Gasteiger partial charge in [-0.25, -0.2) is 4.98 Å². The molecule has 0 bridgehead atoms. The van der Waals surface area contributed by atoms with E-state index in [9.17, 15) is 4.79 Å². The number of rotatable bonds is 3. The van der Waals surface area contributed by atoms with Crippen molar-refractivity contribution in [1.29, 1.82) is 0 Å². The van der Waals surface area contributed by atoms with Gasteiger partial charge >= 0.3 is 0 Å². The Bertz CT molecular complexity index is 787. The lowest BCUT2D eigenvalue weighted by molar-refractivity contribution is 0.0690. The summed E-state index contributed by atoms with van der Waals surface area (Å²) in [5.41, 5.74) is 7.29. The number of para-hydroxylation sites is 2. The molecule has 1 aromatic carbocycles. The number of aromatic nitrogens is 1. The van der Waals surface area contributed by atoms with Gasteiger partial charge in [-0.2, -0.15) is 0 Å². The van der Waals surface area contributed by atoms with Gasteiger partial charge in [0.05, 0.1) is 24.0 Å². The molecule has 7 heteroatoms. The predicted octanol–water partition coefficient (Wildman–Crippen LogP) is 2.78. The minimum Gasteiger partial charge on any atom is -0.495 e. The van der Waals surface area contributed by atoms with Gasteiger partial charge in [0.15, 0.2) is 5.13 Å². The third-order valence-corrected chi connectivity index (χ3v) is 5.55. The number of carbonyl (C=O) groups is 1. The van der Waals surface area contributed by atoms with Crippen molar-refractivity contribution < 1.29 is 9.53 Å². The quantitative estimate of drug-likeness (QED) is 0.911. The zero-order chi connectivity index (χ0) is 18.2. The van der Waals surface area contributed by atoms with E-state index in [0.717, 1.165) is 18.0 Å². The number of ether oxygens (including phenoxy) is 1. The molecule has 0 atom stereocenters. The number of nitrogens with zero attached hydrogens (tertiary/aromatic N) is 3. The van der Waals surface area contributed by atoms with Crippen molar-refractivity contribution in [3.63, 3.8) is 0 Å². The molecule has 0 saturated carbocycles. The first-order chi connectivity index (χ1) is 11.8. The van der Waals surface area contributed by atoms with Crippen molar-refractivity contribution in [2.45, 2.75) is 26.3 Å². The summed E-state index contributed by atoms with van der Waals surface area (Å²) in [4.78, 5) is 21.9. The Balaban J connectivity index is 1.83. The molecule has 3 rings (SSSR count). The number of methoxy groups -OCH3 is 1. The number of nitrogen functional groups attached to an aromatic ring is 1. The monoisotopic (exact) mass is 360 g/mol. The molecule has 1 aliphatic heterocycles. The predicted molar refractivity (Wildman–Crippen MR) is 102 cm³/mol. The summed E-state index contributed by atoms with van der Waals surface area (Å²) in [6.45, 7) is 8.14. The zero-order valence-corrected chi connectivity index (χ0v) is 15.9. The van der Waals surface area contributed by atoms with E-state index in [1.54, 1.807) is 7.11 Å². The molecule has 1 aromatic heterocycles. The highest BCUT2D eigenvalue weighted by atomic mass is 32.1. The Morgan fingerprint density at radius 2 is 2.04 bits per heavy atom. The highest BCUT2D eigenvalue weighted by Gasteiger charge is 2.37. The fourth-order valence-electron chi connectivity index (χ4n) is 3.39. The molecule has 0 spiro atoms. The van der Waals surface area contributed by atoms with Crippen LogP contribution < -0.4 is 15.4 Å². The smallest absolute Gasteiger partial charge is 0.266 e. The van der Waals surface area contributed by atoms with E-state index in [1.165, 1.54) is 11.3 Å². The number of anilines is 2. The number of hydrogen-bond donors (Lipinski definition) is 1. The Morgan fingerprint density at radius 3 is 2.64 bits per heavy atom. The lowest BCUT2D eigenvalue weighted by Crippen LogP contribution is -2.60.